The van der Waals surface area contributed by atoms with Gasteiger partial charge in [-0.3, -0.25) is 0 Å². The summed E-state index contributed by atoms with van der Waals surface area (Å²) in [7, 11) is 0. The van der Waals surface area contributed by atoms with Crippen molar-refractivity contribution in [1.82, 2.24) is 10.6 Å². The van der Waals surface area contributed by atoms with Crippen molar-refractivity contribution >= 4 is 0 Å². The Hall–Kier alpha value is -0.0800. The van der Waals surface area contributed by atoms with Gasteiger partial charge in [0, 0.05) is 12.6 Å². The molecular formula is C7H14N2. The zero-order valence-electron chi connectivity index (χ0n) is 5.69. The second kappa shape index (κ2) is 2.27. The molecule has 52 valence electrons. The first-order valence-electron chi connectivity index (χ1n) is 3.91. The predicted molar refractivity (Wildman–Crippen MR) is 37.4 cm³/mol. The molecule has 0 saturated carbocycles. The van der Waals surface area contributed by atoms with Gasteiger partial charge in [0.2, 0.25) is 0 Å². The van der Waals surface area contributed by atoms with E-state index < -0.39 is 0 Å². The minimum Gasteiger partial charge on any atom is -0.315 e. The Labute approximate surface area is 56.0 Å². The Balaban J connectivity index is 1.97. The molecule has 0 aromatic rings. The lowest BCUT2D eigenvalue weighted by Crippen LogP contribution is -2.43. The van der Waals surface area contributed by atoms with Gasteiger partial charge in [0.1, 0.15) is 0 Å². The van der Waals surface area contributed by atoms with Crippen molar-refractivity contribution in [3.63, 3.8) is 0 Å². The Kier molecular flexibility index (Phi) is 1.44. The second-order valence-electron chi connectivity index (χ2n) is 3.10. The first-order valence-corrected chi connectivity index (χ1v) is 3.91. The lowest BCUT2D eigenvalue weighted by Gasteiger charge is -2.25. The predicted octanol–water partition coefficient (Wildman–Crippen LogP) is -0.0422. The lowest BCUT2D eigenvalue weighted by molar-refractivity contribution is 0.343. The van der Waals surface area contributed by atoms with Gasteiger partial charge in [-0.1, -0.05) is 0 Å². The molecule has 0 spiro atoms. The summed E-state index contributed by atoms with van der Waals surface area (Å²) >= 11 is 0. The third-order valence-corrected chi connectivity index (χ3v) is 2.55. The maximum absolute atomic E-state index is 3.50. The highest BCUT2D eigenvalue weighted by atomic mass is 15.0. The monoisotopic (exact) mass is 126 g/mol. The normalized spacial score (nSPS) is 42.7. The molecule has 2 saturated heterocycles. The molecule has 2 atom stereocenters. The van der Waals surface area contributed by atoms with Crippen LogP contribution in [0.2, 0.25) is 0 Å². The fraction of sp³-hybridized carbons (Fsp3) is 1.00. The van der Waals surface area contributed by atoms with Crippen molar-refractivity contribution in [2.45, 2.75) is 18.9 Å². The molecule has 0 aromatic heterocycles. The molecular weight excluding hydrogens is 112 g/mol. The molecule has 2 N–H and O–H groups in total. The summed E-state index contributed by atoms with van der Waals surface area (Å²) in [5, 5.41) is 6.89. The van der Waals surface area contributed by atoms with Crippen molar-refractivity contribution in [3.8, 4) is 0 Å². The van der Waals surface area contributed by atoms with Gasteiger partial charge in [0.25, 0.3) is 0 Å². The minimum atomic E-state index is 0.804. The number of piperidine rings is 1. The number of rotatable bonds is 0. The Morgan fingerprint density at radius 1 is 1.11 bits per heavy atom. The number of fused-ring (bicyclic) bond motifs is 1. The molecule has 9 heavy (non-hydrogen) atoms. The molecule has 2 rings (SSSR count). The summed E-state index contributed by atoms with van der Waals surface area (Å²) in [4.78, 5) is 0. The number of hydrogen-bond acceptors (Lipinski definition) is 2. The minimum absolute atomic E-state index is 0.804. The van der Waals surface area contributed by atoms with E-state index in [1.165, 1.54) is 32.5 Å². The van der Waals surface area contributed by atoms with Crippen LogP contribution >= 0.6 is 0 Å². The van der Waals surface area contributed by atoms with Crippen LogP contribution in [0.4, 0.5) is 0 Å². The van der Waals surface area contributed by atoms with Gasteiger partial charge in [-0.25, -0.2) is 0 Å². The molecule has 0 aliphatic carbocycles. The molecule has 0 aromatic carbocycles. The third-order valence-electron chi connectivity index (χ3n) is 2.55. The molecule has 2 fully saturated rings. The van der Waals surface area contributed by atoms with Gasteiger partial charge in [0.15, 0.2) is 0 Å². The van der Waals surface area contributed by atoms with E-state index in [9.17, 15) is 0 Å². The average molecular weight is 126 g/mol. The van der Waals surface area contributed by atoms with Crippen LogP contribution < -0.4 is 10.6 Å². The van der Waals surface area contributed by atoms with Crippen molar-refractivity contribution in [3.05, 3.63) is 0 Å². The quantitative estimate of drug-likeness (QED) is 0.476. The van der Waals surface area contributed by atoms with Gasteiger partial charge in [-0.2, -0.15) is 0 Å². The fourth-order valence-electron chi connectivity index (χ4n) is 1.95. The van der Waals surface area contributed by atoms with Crippen LogP contribution in [0.5, 0.6) is 0 Å². The van der Waals surface area contributed by atoms with Crippen LogP contribution in [0.3, 0.4) is 0 Å². The van der Waals surface area contributed by atoms with Crippen LogP contribution in [-0.2, 0) is 0 Å². The van der Waals surface area contributed by atoms with Crippen LogP contribution in [0.15, 0.2) is 0 Å². The SMILES string of the molecule is C1C[C@H]2CCN[C@@H]2CN1. The van der Waals surface area contributed by atoms with E-state index in [-0.39, 0.29) is 0 Å². The Morgan fingerprint density at radius 2 is 2.00 bits per heavy atom. The van der Waals surface area contributed by atoms with E-state index in [2.05, 4.69) is 10.6 Å². The molecule has 2 nitrogen and oxygen atoms in total. The van der Waals surface area contributed by atoms with E-state index in [1.54, 1.807) is 0 Å². The van der Waals surface area contributed by atoms with Crippen LogP contribution in [-0.4, -0.2) is 25.7 Å². The average Bonchev–Trinajstić information content (AvgIpc) is 2.33. The summed E-state index contributed by atoms with van der Waals surface area (Å²) in [5.41, 5.74) is 0. The topological polar surface area (TPSA) is 24.1 Å². The lowest BCUT2D eigenvalue weighted by atomic mass is 9.94. The van der Waals surface area contributed by atoms with E-state index in [0.29, 0.717) is 0 Å². The molecule has 2 heteroatoms. The van der Waals surface area contributed by atoms with Gasteiger partial charge in [0.05, 0.1) is 0 Å². The van der Waals surface area contributed by atoms with E-state index in [4.69, 9.17) is 0 Å². The molecule has 0 amide bonds. The molecule has 2 aliphatic heterocycles. The summed E-state index contributed by atoms with van der Waals surface area (Å²) in [6.07, 6.45) is 2.80. The Bertz CT molecular complexity index is 91.1. The zero-order valence-corrected chi connectivity index (χ0v) is 5.69. The summed E-state index contributed by atoms with van der Waals surface area (Å²) in [5.74, 6) is 0.992. The summed E-state index contributed by atoms with van der Waals surface area (Å²) in [6, 6.07) is 0.804. The Morgan fingerprint density at radius 3 is 2.89 bits per heavy atom. The van der Waals surface area contributed by atoms with Gasteiger partial charge < -0.3 is 10.6 Å². The highest BCUT2D eigenvalue weighted by Gasteiger charge is 2.28. The van der Waals surface area contributed by atoms with Crippen molar-refractivity contribution in [2.24, 2.45) is 5.92 Å². The maximum Gasteiger partial charge on any atom is 0.0221 e. The fourth-order valence-corrected chi connectivity index (χ4v) is 1.95. The zero-order chi connectivity index (χ0) is 6.10. The first-order chi connectivity index (χ1) is 4.47. The highest BCUT2D eigenvalue weighted by molar-refractivity contribution is 4.88. The second-order valence-corrected chi connectivity index (χ2v) is 3.10. The molecule has 2 aliphatic rings. The van der Waals surface area contributed by atoms with Crippen molar-refractivity contribution in [2.75, 3.05) is 19.6 Å². The summed E-state index contributed by atoms with van der Waals surface area (Å²) < 4.78 is 0. The van der Waals surface area contributed by atoms with Gasteiger partial charge >= 0.3 is 0 Å². The molecule has 0 bridgehead atoms. The standard InChI is InChI=1S/C7H14N2/c1-3-8-5-7-6(1)2-4-9-7/h6-9H,1-5H2/t6-,7+/m0/s1. The molecule has 0 unspecified atom stereocenters. The van der Waals surface area contributed by atoms with Gasteiger partial charge in [-0.15, -0.1) is 0 Å². The molecule has 0 radical (unpaired) electrons. The molecule has 2 heterocycles. The van der Waals surface area contributed by atoms with E-state index in [0.717, 1.165) is 12.0 Å². The van der Waals surface area contributed by atoms with Crippen molar-refractivity contribution in [1.29, 1.82) is 0 Å². The van der Waals surface area contributed by atoms with E-state index in [1.807, 2.05) is 0 Å². The van der Waals surface area contributed by atoms with E-state index >= 15 is 0 Å². The van der Waals surface area contributed by atoms with Crippen molar-refractivity contribution < 1.29 is 0 Å². The van der Waals surface area contributed by atoms with Crippen LogP contribution in [0.1, 0.15) is 12.8 Å². The largest absolute Gasteiger partial charge is 0.315 e. The third kappa shape index (κ3) is 0.970. The number of hydrogen-bond donors (Lipinski definition) is 2. The van der Waals surface area contributed by atoms with Gasteiger partial charge in [-0.05, 0) is 31.8 Å². The highest BCUT2D eigenvalue weighted by Crippen LogP contribution is 2.20. The summed E-state index contributed by atoms with van der Waals surface area (Å²) in [6.45, 7) is 3.69. The number of nitrogens with one attached hydrogen (secondary N) is 2. The van der Waals surface area contributed by atoms with Crippen LogP contribution in [0, 0.1) is 5.92 Å². The smallest absolute Gasteiger partial charge is 0.0221 e. The van der Waals surface area contributed by atoms with Crippen LogP contribution in [0.25, 0.3) is 0 Å². The first kappa shape index (κ1) is 5.69. The maximum atomic E-state index is 3.50.